The van der Waals surface area contributed by atoms with E-state index in [9.17, 15) is 18.0 Å². The van der Waals surface area contributed by atoms with Crippen molar-refractivity contribution in [2.24, 2.45) is 0 Å². The van der Waals surface area contributed by atoms with E-state index >= 15 is 0 Å². The Balaban J connectivity index is 2.25. The molecule has 0 saturated carbocycles. The summed E-state index contributed by atoms with van der Waals surface area (Å²) in [6.45, 7) is 2.54. The Kier molecular flexibility index (Phi) is 4.22. The van der Waals surface area contributed by atoms with Crippen LogP contribution in [0, 0.1) is 0 Å². The Hall–Kier alpha value is -1.30. The van der Waals surface area contributed by atoms with Gasteiger partial charge in [0.15, 0.2) is 5.69 Å². The maximum atomic E-state index is 12.6. The summed E-state index contributed by atoms with van der Waals surface area (Å²) in [5, 5.41) is -0.548. The van der Waals surface area contributed by atoms with Crippen LogP contribution in [0.2, 0.25) is 5.02 Å². The molecule has 0 aromatic carbocycles. The number of aromatic nitrogens is 1. The van der Waals surface area contributed by atoms with E-state index in [0.717, 1.165) is 31.5 Å². The molecule has 2 heterocycles. The molecule has 0 radical (unpaired) electrons. The van der Waals surface area contributed by atoms with E-state index in [1.54, 1.807) is 4.90 Å². The summed E-state index contributed by atoms with van der Waals surface area (Å²) in [7, 11) is 0. The van der Waals surface area contributed by atoms with Crippen LogP contribution in [0.4, 0.5) is 13.2 Å². The summed E-state index contributed by atoms with van der Waals surface area (Å²) in [5.74, 6) is -0.319. The van der Waals surface area contributed by atoms with Crippen molar-refractivity contribution in [3.05, 3.63) is 28.5 Å². The fourth-order valence-corrected chi connectivity index (χ4v) is 2.60. The van der Waals surface area contributed by atoms with Crippen molar-refractivity contribution in [3.63, 3.8) is 0 Å². The van der Waals surface area contributed by atoms with E-state index in [2.05, 4.69) is 4.98 Å². The van der Waals surface area contributed by atoms with Crippen LogP contribution in [0.15, 0.2) is 12.3 Å². The number of halogens is 4. The second-order valence-corrected chi connectivity index (χ2v) is 5.30. The smallest absolute Gasteiger partial charge is 0.336 e. The minimum Gasteiger partial charge on any atom is -0.336 e. The van der Waals surface area contributed by atoms with E-state index in [1.807, 2.05) is 6.92 Å². The maximum Gasteiger partial charge on any atom is 0.434 e. The lowest BCUT2D eigenvalue weighted by Gasteiger charge is -2.33. The Morgan fingerprint density at radius 2 is 2.15 bits per heavy atom. The van der Waals surface area contributed by atoms with Crippen molar-refractivity contribution in [3.8, 4) is 0 Å². The molecule has 1 aromatic heterocycles. The lowest BCUT2D eigenvalue weighted by atomic mass is 10.0. The first-order valence-corrected chi connectivity index (χ1v) is 6.72. The van der Waals surface area contributed by atoms with E-state index in [-0.39, 0.29) is 17.5 Å². The highest BCUT2D eigenvalue weighted by molar-refractivity contribution is 6.31. The molecule has 0 aliphatic carbocycles. The maximum absolute atomic E-state index is 12.6. The third kappa shape index (κ3) is 3.06. The molecule has 3 nitrogen and oxygen atoms in total. The molecular weight excluding hydrogens is 293 g/mol. The summed E-state index contributed by atoms with van der Waals surface area (Å²) >= 11 is 5.58. The summed E-state index contributed by atoms with van der Waals surface area (Å²) in [6, 6.07) is 1.12. The van der Waals surface area contributed by atoms with Crippen LogP contribution < -0.4 is 0 Å². The quantitative estimate of drug-likeness (QED) is 0.791. The average Bonchev–Trinajstić information content (AvgIpc) is 2.37. The number of rotatable bonds is 1. The minimum atomic E-state index is -4.61. The van der Waals surface area contributed by atoms with Gasteiger partial charge < -0.3 is 4.90 Å². The first-order chi connectivity index (χ1) is 9.30. The molecule has 1 atom stereocenters. The zero-order chi connectivity index (χ0) is 14.9. The van der Waals surface area contributed by atoms with Gasteiger partial charge in [0.2, 0.25) is 0 Å². The van der Waals surface area contributed by atoms with Gasteiger partial charge in [0.25, 0.3) is 5.91 Å². The Morgan fingerprint density at radius 1 is 1.45 bits per heavy atom. The Bertz CT molecular complexity index is 519. The van der Waals surface area contributed by atoms with Gasteiger partial charge in [-0.15, -0.1) is 0 Å². The van der Waals surface area contributed by atoms with Crippen LogP contribution in [0.25, 0.3) is 0 Å². The highest BCUT2D eigenvalue weighted by Gasteiger charge is 2.36. The van der Waals surface area contributed by atoms with E-state index in [1.165, 1.54) is 0 Å². The minimum absolute atomic E-state index is 0.0809. The number of nitrogens with zero attached hydrogens (tertiary/aromatic N) is 2. The fraction of sp³-hybridized carbons (Fsp3) is 0.538. The van der Waals surface area contributed by atoms with Gasteiger partial charge in [-0.3, -0.25) is 4.79 Å². The van der Waals surface area contributed by atoms with Gasteiger partial charge in [0.1, 0.15) is 0 Å². The largest absolute Gasteiger partial charge is 0.434 e. The molecule has 0 bridgehead atoms. The van der Waals surface area contributed by atoms with Crippen LogP contribution in [-0.4, -0.2) is 28.4 Å². The summed E-state index contributed by atoms with van der Waals surface area (Å²) < 4.78 is 37.7. The number of alkyl halides is 3. The lowest BCUT2D eigenvalue weighted by molar-refractivity contribution is -0.141. The Labute approximate surface area is 119 Å². The summed E-state index contributed by atoms with van der Waals surface area (Å²) in [5.41, 5.74) is -1.07. The molecule has 0 spiro atoms. The van der Waals surface area contributed by atoms with Gasteiger partial charge in [0.05, 0.1) is 10.6 Å². The lowest BCUT2D eigenvalue weighted by Crippen LogP contribution is -2.42. The van der Waals surface area contributed by atoms with E-state index in [4.69, 9.17) is 11.6 Å². The number of hydrogen-bond donors (Lipinski definition) is 0. The number of carbonyl (C=O) groups excluding carboxylic acids is 1. The van der Waals surface area contributed by atoms with Crippen LogP contribution in [0.5, 0.6) is 0 Å². The third-order valence-corrected chi connectivity index (χ3v) is 3.71. The molecule has 1 amide bonds. The van der Waals surface area contributed by atoms with Gasteiger partial charge >= 0.3 is 6.18 Å². The monoisotopic (exact) mass is 306 g/mol. The van der Waals surface area contributed by atoms with Crippen molar-refractivity contribution >= 4 is 17.5 Å². The fourth-order valence-electron chi connectivity index (χ4n) is 2.33. The number of pyridine rings is 1. The van der Waals surface area contributed by atoms with Crippen LogP contribution in [-0.2, 0) is 6.18 Å². The molecule has 110 valence electrons. The first-order valence-electron chi connectivity index (χ1n) is 6.34. The molecule has 7 heteroatoms. The number of carbonyl (C=O) groups is 1. The van der Waals surface area contributed by atoms with Crippen molar-refractivity contribution < 1.29 is 18.0 Å². The second-order valence-electron chi connectivity index (χ2n) is 4.90. The van der Waals surface area contributed by atoms with Gasteiger partial charge in [-0.1, -0.05) is 11.6 Å². The molecule has 1 unspecified atom stereocenters. The molecule has 1 saturated heterocycles. The third-order valence-electron chi connectivity index (χ3n) is 3.42. The zero-order valence-electron chi connectivity index (χ0n) is 10.9. The molecule has 0 N–H and O–H groups in total. The predicted octanol–water partition coefficient (Wildman–Crippen LogP) is 3.77. The summed E-state index contributed by atoms with van der Waals surface area (Å²) in [6.07, 6.45) is -0.822. The molecule has 1 aliphatic heterocycles. The number of piperidine rings is 1. The van der Waals surface area contributed by atoms with Crippen molar-refractivity contribution in [1.82, 2.24) is 9.88 Å². The van der Waals surface area contributed by atoms with Crippen LogP contribution in [0.1, 0.15) is 42.2 Å². The van der Waals surface area contributed by atoms with Gasteiger partial charge in [0, 0.05) is 18.8 Å². The standard InChI is InChI=1S/C13H14ClF3N2O/c1-8-4-2-3-5-19(8)12(20)9-6-10(14)11(18-7-9)13(15,16)17/h6-8H,2-5H2,1H3. The van der Waals surface area contributed by atoms with Crippen molar-refractivity contribution in [2.75, 3.05) is 6.54 Å². The topological polar surface area (TPSA) is 33.2 Å². The molecular formula is C13H14ClF3N2O. The zero-order valence-corrected chi connectivity index (χ0v) is 11.6. The Morgan fingerprint density at radius 3 is 2.70 bits per heavy atom. The number of likely N-dealkylation sites (tertiary alicyclic amines) is 1. The van der Waals surface area contributed by atoms with Gasteiger partial charge in [-0.2, -0.15) is 13.2 Å². The molecule has 1 fully saturated rings. The molecule has 2 rings (SSSR count). The van der Waals surface area contributed by atoms with Crippen molar-refractivity contribution in [2.45, 2.75) is 38.4 Å². The highest BCUT2D eigenvalue weighted by atomic mass is 35.5. The summed E-state index contributed by atoms with van der Waals surface area (Å²) in [4.78, 5) is 17.2. The normalized spacial score (nSPS) is 20.1. The van der Waals surface area contributed by atoms with E-state index in [0.29, 0.717) is 6.54 Å². The molecule has 20 heavy (non-hydrogen) atoms. The average molecular weight is 307 g/mol. The van der Waals surface area contributed by atoms with Gasteiger partial charge in [-0.25, -0.2) is 4.98 Å². The SMILES string of the molecule is CC1CCCCN1C(=O)c1cnc(C(F)(F)F)c(Cl)c1. The number of amides is 1. The van der Waals surface area contributed by atoms with Crippen LogP contribution in [0.3, 0.4) is 0 Å². The predicted molar refractivity (Wildman–Crippen MR) is 68.6 cm³/mol. The first kappa shape index (κ1) is 15.1. The van der Waals surface area contributed by atoms with Crippen LogP contribution >= 0.6 is 11.6 Å². The molecule has 1 aromatic rings. The van der Waals surface area contributed by atoms with Crippen molar-refractivity contribution in [1.29, 1.82) is 0 Å². The second kappa shape index (κ2) is 5.60. The molecule has 1 aliphatic rings. The highest BCUT2D eigenvalue weighted by Crippen LogP contribution is 2.33. The van der Waals surface area contributed by atoms with Gasteiger partial charge in [-0.05, 0) is 32.3 Å². The number of hydrogen-bond acceptors (Lipinski definition) is 2. The van der Waals surface area contributed by atoms with E-state index < -0.39 is 16.9 Å².